The molecule has 0 amide bonds. The standard InChI is InChI=1S/C15H21ClO3/c1-11(2)9-10-19-14(18)13(17)15(3,16)12-7-5-4-6-8-12/h4-8,11,13,17H,9-10H2,1-3H3/t13-,15-/m0/s1. The average Bonchev–Trinajstić information content (AvgIpc) is 2.38. The predicted octanol–water partition coefficient (Wildman–Crippen LogP) is 3.09. The molecule has 2 atom stereocenters. The Bertz CT molecular complexity index is 401. The minimum Gasteiger partial charge on any atom is -0.464 e. The molecule has 0 spiro atoms. The van der Waals surface area contributed by atoms with Crippen LogP contribution in [0.1, 0.15) is 32.8 Å². The number of alkyl halides is 1. The molecule has 3 nitrogen and oxygen atoms in total. The van der Waals surface area contributed by atoms with E-state index < -0.39 is 16.9 Å². The molecule has 0 radical (unpaired) electrons. The summed E-state index contributed by atoms with van der Waals surface area (Å²) in [6.45, 7) is 5.99. The van der Waals surface area contributed by atoms with E-state index in [4.69, 9.17) is 16.3 Å². The fourth-order valence-electron chi connectivity index (χ4n) is 1.62. The van der Waals surface area contributed by atoms with Gasteiger partial charge in [0.2, 0.25) is 0 Å². The highest BCUT2D eigenvalue weighted by Crippen LogP contribution is 2.32. The summed E-state index contributed by atoms with van der Waals surface area (Å²) in [4.78, 5) is 10.6. The zero-order valence-electron chi connectivity index (χ0n) is 11.6. The summed E-state index contributed by atoms with van der Waals surface area (Å²) < 4.78 is 5.05. The number of ether oxygens (including phenoxy) is 1. The molecule has 0 aliphatic heterocycles. The van der Waals surface area contributed by atoms with Gasteiger partial charge in [0.15, 0.2) is 6.10 Å². The van der Waals surface area contributed by atoms with Crippen molar-refractivity contribution in [2.24, 2.45) is 5.92 Å². The second-order valence-electron chi connectivity index (χ2n) is 5.19. The van der Waals surface area contributed by atoms with Crippen molar-refractivity contribution >= 4 is 17.6 Å². The third-order valence-corrected chi connectivity index (χ3v) is 3.44. The van der Waals surface area contributed by atoms with Gasteiger partial charge in [0.25, 0.3) is 0 Å². The Morgan fingerprint density at radius 3 is 2.47 bits per heavy atom. The van der Waals surface area contributed by atoms with Gasteiger partial charge < -0.3 is 9.84 Å². The number of aliphatic hydroxyl groups excluding tert-OH is 1. The molecule has 1 rings (SSSR count). The van der Waals surface area contributed by atoms with Crippen molar-refractivity contribution in [2.45, 2.75) is 38.2 Å². The second-order valence-corrected chi connectivity index (χ2v) is 5.98. The van der Waals surface area contributed by atoms with E-state index in [0.29, 0.717) is 18.1 Å². The molecule has 0 aromatic heterocycles. The van der Waals surface area contributed by atoms with Crippen LogP contribution in [0.25, 0.3) is 0 Å². The van der Waals surface area contributed by atoms with Gasteiger partial charge in [0.05, 0.1) is 6.61 Å². The van der Waals surface area contributed by atoms with Gasteiger partial charge in [-0.1, -0.05) is 44.2 Å². The number of carbonyl (C=O) groups excluding carboxylic acids is 1. The Morgan fingerprint density at radius 2 is 1.95 bits per heavy atom. The Hall–Kier alpha value is -1.06. The molecule has 106 valence electrons. The molecule has 1 N–H and O–H groups in total. The molecule has 0 saturated heterocycles. The third kappa shape index (κ3) is 4.51. The molecular weight excluding hydrogens is 264 g/mol. The minimum atomic E-state index is -1.39. The van der Waals surface area contributed by atoms with Gasteiger partial charge in [-0.2, -0.15) is 0 Å². The molecule has 0 bridgehead atoms. The van der Waals surface area contributed by atoms with E-state index in [2.05, 4.69) is 0 Å². The summed E-state index contributed by atoms with van der Waals surface area (Å²) in [6, 6.07) is 9.03. The SMILES string of the molecule is CC(C)CCOC(=O)[C@H](O)[C@@](C)(Cl)c1ccccc1. The molecule has 0 aliphatic carbocycles. The van der Waals surface area contributed by atoms with Crippen LogP contribution in [-0.4, -0.2) is 23.8 Å². The number of aliphatic hydroxyl groups is 1. The maximum atomic E-state index is 11.8. The molecule has 1 aromatic rings. The van der Waals surface area contributed by atoms with E-state index in [9.17, 15) is 9.90 Å². The van der Waals surface area contributed by atoms with Gasteiger partial charge in [0.1, 0.15) is 4.87 Å². The largest absolute Gasteiger partial charge is 0.464 e. The van der Waals surface area contributed by atoms with Crippen molar-refractivity contribution in [3.63, 3.8) is 0 Å². The number of hydrogen-bond acceptors (Lipinski definition) is 3. The zero-order chi connectivity index (χ0) is 14.5. The van der Waals surface area contributed by atoms with Crippen molar-refractivity contribution in [1.82, 2.24) is 0 Å². The van der Waals surface area contributed by atoms with Crippen molar-refractivity contribution in [3.05, 3.63) is 35.9 Å². The number of benzene rings is 1. The van der Waals surface area contributed by atoms with E-state index in [1.165, 1.54) is 0 Å². The van der Waals surface area contributed by atoms with E-state index in [-0.39, 0.29) is 0 Å². The molecule has 4 heteroatoms. The van der Waals surface area contributed by atoms with Crippen molar-refractivity contribution in [2.75, 3.05) is 6.61 Å². The van der Waals surface area contributed by atoms with Crippen LogP contribution in [0, 0.1) is 5.92 Å². The molecule has 0 unspecified atom stereocenters. The van der Waals surface area contributed by atoms with Crippen LogP contribution in [0.15, 0.2) is 30.3 Å². The normalized spacial score (nSPS) is 15.9. The van der Waals surface area contributed by atoms with Gasteiger partial charge >= 0.3 is 5.97 Å². The van der Waals surface area contributed by atoms with Crippen molar-refractivity contribution in [3.8, 4) is 0 Å². The van der Waals surface area contributed by atoms with Crippen LogP contribution in [0.2, 0.25) is 0 Å². The maximum Gasteiger partial charge on any atom is 0.337 e. The highest BCUT2D eigenvalue weighted by Gasteiger charge is 2.38. The van der Waals surface area contributed by atoms with Gasteiger partial charge in [-0.3, -0.25) is 0 Å². The lowest BCUT2D eigenvalue weighted by molar-refractivity contribution is -0.155. The van der Waals surface area contributed by atoms with Crippen LogP contribution in [0.4, 0.5) is 0 Å². The molecule has 0 saturated carbocycles. The van der Waals surface area contributed by atoms with Crippen LogP contribution in [0.5, 0.6) is 0 Å². The van der Waals surface area contributed by atoms with Crippen LogP contribution in [0.3, 0.4) is 0 Å². The molecule has 19 heavy (non-hydrogen) atoms. The Balaban J connectivity index is 2.65. The molecule has 1 aromatic carbocycles. The first kappa shape index (κ1) is 16.0. The first-order valence-corrected chi connectivity index (χ1v) is 6.82. The van der Waals surface area contributed by atoms with E-state index in [1.54, 1.807) is 19.1 Å². The van der Waals surface area contributed by atoms with E-state index >= 15 is 0 Å². The fourth-order valence-corrected chi connectivity index (χ4v) is 1.83. The third-order valence-electron chi connectivity index (χ3n) is 3.01. The summed E-state index contributed by atoms with van der Waals surface area (Å²) in [7, 11) is 0. The molecular formula is C15H21ClO3. The minimum absolute atomic E-state index is 0.301. The van der Waals surface area contributed by atoms with E-state index in [0.717, 1.165) is 6.42 Å². The van der Waals surface area contributed by atoms with Crippen molar-refractivity contribution in [1.29, 1.82) is 0 Å². The Labute approximate surface area is 119 Å². The first-order chi connectivity index (χ1) is 8.85. The highest BCUT2D eigenvalue weighted by molar-refractivity contribution is 6.25. The summed E-state index contributed by atoms with van der Waals surface area (Å²) in [5.74, 6) is -0.233. The van der Waals surface area contributed by atoms with Gasteiger partial charge in [0, 0.05) is 0 Å². The smallest absolute Gasteiger partial charge is 0.337 e. The summed E-state index contributed by atoms with van der Waals surface area (Å²) in [6.07, 6.45) is -0.619. The molecule has 0 aliphatic rings. The van der Waals surface area contributed by atoms with Gasteiger partial charge in [-0.15, -0.1) is 11.6 Å². The first-order valence-electron chi connectivity index (χ1n) is 6.45. The quantitative estimate of drug-likeness (QED) is 0.645. The Morgan fingerprint density at radius 1 is 1.37 bits per heavy atom. The highest BCUT2D eigenvalue weighted by atomic mass is 35.5. The van der Waals surface area contributed by atoms with E-state index in [1.807, 2.05) is 32.0 Å². The number of hydrogen-bond donors (Lipinski definition) is 1. The number of rotatable bonds is 6. The predicted molar refractivity (Wildman–Crippen MR) is 76.1 cm³/mol. The zero-order valence-corrected chi connectivity index (χ0v) is 12.4. The number of halogens is 1. The lowest BCUT2D eigenvalue weighted by Gasteiger charge is -2.27. The lowest BCUT2D eigenvalue weighted by Crippen LogP contribution is -2.39. The van der Waals surface area contributed by atoms with Crippen LogP contribution in [-0.2, 0) is 14.4 Å². The fraction of sp³-hybridized carbons (Fsp3) is 0.533. The summed E-state index contributed by atoms with van der Waals surface area (Å²) in [5, 5.41) is 10.1. The monoisotopic (exact) mass is 284 g/mol. The maximum absolute atomic E-state index is 11.8. The lowest BCUT2D eigenvalue weighted by atomic mass is 9.94. The summed E-state index contributed by atoms with van der Waals surface area (Å²) in [5.41, 5.74) is 0.685. The van der Waals surface area contributed by atoms with Crippen LogP contribution >= 0.6 is 11.6 Å². The molecule has 0 heterocycles. The van der Waals surface area contributed by atoms with Gasteiger partial charge in [-0.05, 0) is 24.8 Å². The number of esters is 1. The summed E-state index contributed by atoms with van der Waals surface area (Å²) >= 11 is 6.30. The van der Waals surface area contributed by atoms with Gasteiger partial charge in [-0.25, -0.2) is 4.79 Å². The average molecular weight is 285 g/mol. The molecule has 0 fully saturated rings. The topological polar surface area (TPSA) is 46.5 Å². The number of carbonyl (C=O) groups is 1. The van der Waals surface area contributed by atoms with Crippen molar-refractivity contribution < 1.29 is 14.6 Å². The Kier molecular flexibility index (Phi) is 5.83. The van der Waals surface area contributed by atoms with Crippen LogP contribution < -0.4 is 0 Å². The second kappa shape index (κ2) is 6.92.